The Morgan fingerprint density at radius 2 is 1.49 bits per heavy atom. The van der Waals surface area contributed by atoms with Crippen LogP contribution in [0.5, 0.6) is 0 Å². The monoisotopic (exact) mass is 606 g/mol. The molecular weight excluding hydrogens is 548 g/mol. The van der Waals surface area contributed by atoms with Gasteiger partial charge in [-0.1, -0.05) is 12.2 Å². The van der Waals surface area contributed by atoms with Crippen LogP contribution in [-0.4, -0.2) is 87.3 Å². The van der Waals surface area contributed by atoms with Crippen molar-refractivity contribution in [1.29, 1.82) is 0 Å². The standard InChI is InChI=1S/C35H58O8/c1-42-32-20-29(40)33(35-34(32)30(41)19-31(43-35)23-10-17-27(39)18-11-23)28(22-8-15-26(38)16-9-22)4-2-3-24(36)12-5-21-6-13-25(37)14-7-21/h2,4,21-29,31-40H,3,5-20H2,1H3/b4-2+. The van der Waals surface area contributed by atoms with Gasteiger partial charge in [-0.3, -0.25) is 4.79 Å². The van der Waals surface area contributed by atoms with E-state index in [0.717, 1.165) is 89.9 Å². The van der Waals surface area contributed by atoms with Crippen molar-refractivity contribution in [1.82, 2.24) is 0 Å². The molecule has 0 aromatic carbocycles. The van der Waals surface area contributed by atoms with Crippen LogP contribution in [0.25, 0.3) is 0 Å². The van der Waals surface area contributed by atoms with Crippen LogP contribution in [0.1, 0.15) is 109 Å². The van der Waals surface area contributed by atoms with Crippen molar-refractivity contribution in [3.63, 3.8) is 0 Å². The maximum absolute atomic E-state index is 13.7. The lowest BCUT2D eigenvalue weighted by molar-refractivity contribution is -0.211. The molecule has 0 spiro atoms. The highest BCUT2D eigenvalue weighted by atomic mass is 16.5. The molecule has 8 nitrogen and oxygen atoms in total. The molecule has 0 radical (unpaired) electrons. The Kier molecular flexibility index (Phi) is 12.2. The van der Waals surface area contributed by atoms with Gasteiger partial charge in [0.1, 0.15) is 5.78 Å². The highest BCUT2D eigenvalue weighted by Crippen LogP contribution is 2.48. The zero-order chi connectivity index (χ0) is 30.5. The summed E-state index contributed by atoms with van der Waals surface area (Å²) in [4.78, 5) is 13.7. The van der Waals surface area contributed by atoms with Gasteiger partial charge in [-0.05, 0) is 120 Å². The fourth-order valence-corrected chi connectivity index (χ4v) is 9.29. The van der Waals surface area contributed by atoms with E-state index < -0.39 is 24.2 Å². The molecule has 1 aliphatic heterocycles. The molecule has 8 atom stereocenters. The minimum absolute atomic E-state index is 0.0282. The maximum Gasteiger partial charge on any atom is 0.143 e. The summed E-state index contributed by atoms with van der Waals surface area (Å²) in [5.74, 6) is 0.535. The summed E-state index contributed by atoms with van der Waals surface area (Å²) in [5.41, 5.74) is 0. The fourth-order valence-electron chi connectivity index (χ4n) is 9.29. The number of methoxy groups -OCH3 is 1. The van der Waals surface area contributed by atoms with Crippen LogP contribution in [-0.2, 0) is 14.3 Å². The summed E-state index contributed by atoms with van der Waals surface area (Å²) in [6.07, 6.45) is 14.6. The SMILES string of the molecule is COC1CC(O)C(C(/C=C/CC(O)CCC2CCC(O)CC2)C2CCC(O)CC2)C2OC(C3CCC(O)CC3)CC(=O)C12. The van der Waals surface area contributed by atoms with Crippen molar-refractivity contribution in [3.8, 4) is 0 Å². The van der Waals surface area contributed by atoms with Gasteiger partial charge in [0.15, 0.2) is 0 Å². The first kappa shape index (κ1) is 33.5. The second kappa shape index (κ2) is 15.6. The third kappa shape index (κ3) is 8.49. The number of carbonyl (C=O) groups excluding carboxylic acids is 1. The summed E-state index contributed by atoms with van der Waals surface area (Å²) in [7, 11) is 1.62. The first-order valence-corrected chi connectivity index (χ1v) is 17.5. The average molecular weight is 607 g/mol. The zero-order valence-electron chi connectivity index (χ0n) is 26.2. The summed E-state index contributed by atoms with van der Waals surface area (Å²) >= 11 is 0. The summed E-state index contributed by atoms with van der Waals surface area (Å²) in [5, 5.41) is 52.7. The lowest BCUT2D eigenvalue weighted by Gasteiger charge is -2.52. The van der Waals surface area contributed by atoms with Gasteiger partial charge in [-0.15, -0.1) is 0 Å². The highest BCUT2D eigenvalue weighted by Gasteiger charge is 2.55. The number of fused-ring (bicyclic) bond motifs is 1. The fraction of sp³-hybridized carbons (Fsp3) is 0.914. The highest BCUT2D eigenvalue weighted by molar-refractivity contribution is 5.83. The Bertz CT molecular complexity index is 886. The number of hydrogen-bond acceptors (Lipinski definition) is 8. The molecule has 246 valence electrons. The number of aliphatic hydroxyl groups excluding tert-OH is 5. The molecule has 0 aromatic heterocycles. The van der Waals surface area contributed by atoms with Crippen molar-refractivity contribution in [2.24, 2.45) is 35.5 Å². The second-order valence-electron chi connectivity index (χ2n) is 14.8. The Hall–Kier alpha value is -0.870. The van der Waals surface area contributed by atoms with Gasteiger partial charge in [0.2, 0.25) is 0 Å². The third-order valence-electron chi connectivity index (χ3n) is 11.9. The smallest absolute Gasteiger partial charge is 0.143 e. The second-order valence-corrected chi connectivity index (χ2v) is 14.8. The zero-order valence-corrected chi connectivity index (χ0v) is 26.2. The Labute approximate surface area is 258 Å². The van der Waals surface area contributed by atoms with E-state index in [0.29, 0.717) is 25.2 Å². The predicted molar refractivity (Wildman–Crippen MR) is 163 cm³/mol. The molecule has 5 fully saturated rings. The first-order valence-electron chi connectivity index (χ1n) is 17.5. The topological polar surface area (TPSA) is 137 Å². The van der Waals surface area contributed by atoms with Crippen LogP contribution in [0.2, 0.25) is 0 Å². The van der Waals surface area contributed by atoms with E-state index in [4.69, 9.17) is 9.47 Å². The minimum atomic E-state index is -0.681. The molecule has 0 bridgehead atoms. The molecule has 8 heteroatoms. The number of ether oxygens (including phenoxy) is 2. The number of Topliss-reactive ketones (excluding diaryl/α,β-unsaturated/α-hetero) is 1. The van der Waals surface area contributed by atoms with E-state index in [2.05, 4.69) is 12.2 Å². The average Bonchev–Trinajstić information content (AvgIpc) is 3.00. The van der Waals surface area contributed by atoms with E-state index in [9.17, 15) is 30.3 Å². The summed E-state index contributed by atoms with van der Waals surface area (Å²) in [6.45, 7) is 0. The quantitative estimate of drug-likeness (QED) is 0.235. The van der Waals surface area contributed by atoms with E-state index in [1.54, 1.807) is 7.11 Å². The number of aliphatic hydroxyl groups is 5. The molecular formula is C35H58O8. The van der Waals surface area contributed by atoms with Gasteiger partial charge in [0, 0.05) is 25.9 Å². The molecule has 1 saturated heterocycles. The van der Waals surface area contributed by atoms with Gasteiger partial charge in [0.05, 0.1) is 54.7 Å². The molecule has 43 heavy (non-hydrogen) atoms. The molecule has 0 amide bonds. The van der Waals surface area contributed by atoms with Gasteiger partial charge in [-0.25, -0.2) is 0 Å². The molecule has 5 rings (SSSR count). The van der Waals surface area contributed by atoms with Crippen molar-refractivity contribution < 1.29 is 39.8 Å². The van der Waals surface area contributed by atoms with Crippen LogP contribution >= 0.6 is 0 Å². The molecule has 8 unspecified atom stereocenters. The molecule has 4 saturated carbocycles. The van der Waals surface area contributed by atoms with Crippen molar-refractivity contribution in [3.05, 3.63) is 12.2 Å². The van der Waals surface area contributed by atoms with Crippen molar-refractivity contribution in [2.45, 2.75) is 158 Å². The normalized spacial score (nSPS) is 44.2. The van der Waals surface area contributed by atoms with Crippen LogP contribution in [0.15, 0.2) is 12.2 Å². The van der Waals surface area contributed by atoms with Gasteiger partial charge in [-0.2, -0.15) is 0 Å². The first-order chi connectivity index (χ1) is 20.7. The van der Waals surface area contributed by atoms with E-state index >= 15 is 0 Å². The number of allylic oxidation sites excluding steroid dienone is 1. The van der Waals surface area contributed by atoms with E-state index in [1.165, 1.54) is 0 Å². The number of ketones is 1. The lowest BCUT2D eigenvalue weighted by atomic mass is 9.61. The molecule has 1 heterocycles. The Morgan fingerprint density at radius 3 is 2.12 bits per heavy atom. The third-order valence-corrected chi connectivity index (χ3v) is 11.9. The largest absolute Gasteiger partial charge is 0.393 e. The van der Waals surface area contributed by atoms with Gasteiger partial charge < -0.3 is 35.0 Å². The van der Waals surface area contributed by atoms with Crippen molar-refractivity contribution >= 4 is 5.78 Å². The Morgan fingerprint density at radius 1 is 0.884 bits per heavy atom. The lowest BCUT2D eigenvalue weighted by Crippen LogP contribution is -2.61. The van der Waals surface area contributed by atoms with E-state index in [-0.39, 0.29) is 60.0 Å². The van der Waals surface area contributed by atoms with Crippen LogP contribution in [0.3, 0.4) is 0 Å². The number of carbonyl (C=O) groups is 1. The molecule has 5 N–H and O–H groups in total. The van der Waals surface area contributed by atoms with Crippen LogP contribution < -0.4 is 0 Å². The summed E-state index contributed by atoms with van der Waals surface area (Å²) < 4.78 is 12.7. The predicted octanol–water partition coefficient (Wildman–Crippen LogP) is 4.08. The minimum Gasteiger partial charge on any atom is -0.393 e. The molecule has 0 aromatic rings. The number of rotatable bonds is 10. The van der Waals surface area contributed by atoms with Crippen LogP contribution in [0, 0.1) is 35.5 Å². The van der Waals surface area contributed by atoms with Crippen molar-refractivity contribution in [2.75, 3.05) is 7.11 Å². The molecule has 4 aliphatic carbocycles. The summed E-state index contributed by atoms with van der Waals surface area (Å²) in [6, 6.07) is 0. The van der Waals surface area contributed by atoms with Gasteiger partial charge >= 0.3 is 0 Å². The van der Waals surface area contributed by atoms with Gasteiger partial charge in [0.25, 0.3) is 0 Å². The Balaban J connectivity index is 1.31. The molecule has 5 aliphatic rings. The van der Waals surface area contributed by atoms with Crippen LogP contribution in [0.4, 0.5) is 0 Å². The maximum atomic E-state index is 13.7. The number of hydrogen-bond donors (Lipinski definition) is 5. The van der Waals surface area contributed by atoms with E-state index in [1.807, 2.05) is 0 Å².